The lowest BCUT2D eigenvalue weighted by molar-refractivity contribution is -0.122. The SMILES string of the molecule is CCC(CO)NC(=O)CCOc1cccc(C)c1C. The molecule has 0 heterocycles. The summed E-state index contributed by atoms with van der Waals surface area (Å²) < 4.78 is 5.61. The number of aliphatic hydroxyl groups is 1. The van der Waals surface area contributed by atoms with Crippen molar-refractivity contribution >= 4 is 5.91 Å². The van der Waals surface area contributed by atoms with Crippen LogP contribution < -0.4 is 10.1 Å². The number of carbonyl (C=O) groups excluding carboxylic acids is 1. The fourth-order valence-electron chi connectivity index (χ4n) is 1.71. The molecule has 0 aliphatic rings. The van der Waals surface area contributed by atoms with E-state index in [1.54, 1.807) is 0 Å². The van der Waals surface area contributed by atoms with Gasteiger partial charge in [0.2, 0.25) is 5.91 Å². The molecule has 0 aliphatic carbocycles. The van der Waals surface area contributed by atoms with Crippen LogP contribution in [-0.2, 0) is 4.79 Å². The van der Waals surface area contributed by atoms with E-state index in [2.05, 4.69) is 5.32 Å². The van der Waals surface area contributed by atoms with Crippen molar-refractivity contribution in [2.45, 2.75) is 39.7 Å². The summed E-state index contributed by atoms with van der Waals surface area (Å²) >= 11 is 0. The first kappa shape index (κ1) is 15.5. The summed E-state index contributed by atoms with van der Waals surface area (Å²) in [6, 6.07) is 5.72. The molecule has 0 aliphatic heterocycles. The lowest BCUT2D eigenvalue weighted by Gasteiger charge is -2.14. The molecule has 0 radical (unpaired) electrons. The van der Waals surface area contributed by atoms with E-state index in [0.717, 1.165) is 17.7 Å². The maximum absolute atomic E-state index is 11.6. The maximum atomic E-state index is 11.6. The Morgan fingerprint density at radius 2 is 2.16 bits per heavy atom. The van der Waals surface area contributed by atoms with Gasteiger partial charge < -0.3 is 15.2 Å². The largest absolute Gasteiger partial charge is 0.493 e. The summed E-state index contributed by atoms with van der Waals surface area (Å²) in [6.07, 6.45) is 1.02. The van der Waals surface area contributed by atoms with Crippen LogP contribution in [0.5, 0.6) is 5.75 Å². The zero-order valence-corrected chi connectivity index (χ0v) is 11.9. The molecule has 4 heteroatoms. The molecule has 106 valence electrons. The standard InChI is InChI=1S/C15H23NO3/c1-4-13(10-17)16-15(18)8-9-19-14-7-5-6-11(2)12(14)3/h5-7,13,17H,4,8-10H2,1-3H3,(H,16,18). The number of ether oxygens (including phenoxy) is 1. The number of hydrogen-bond donors (Lipinski definition) is 2. The molecule has 0 spiro atoms. The Bertz CT molecular complexity index is 414. The van der Waals surface area contributed by atoms with E-state index < -0.39 is 0 Å². The molecule has 1 rings (SSSR count). The lowest BCUT2D eigenvalue weighted by Crippen LogP contribution is -2.37. The number of nitrogens with one attached hydrogen (secondary N) is 1. The second-order valence-corrected chi connectivity index (χ2v) is 4.65. The highest BCUT2D eigenvalue weighted by molar-refractivity contribution is 5.76. The third-order valence-electron chi connectivity index (χ3n) is 3.22. The average molecular weight is 265 g/mol. The van der Waals surface area contributed by atoms with Crippen molar-refractivity contribution in [1.82, 2.24) is 5.32 Å². The fourth-order valence-corrected chi connectivity index (χ4v) is 1.71. The van der Waals surface area contributed by atoms with Crippen LogP contribution in [0.3, 0.4) is 0 Å². The van der Waals surface area contributed by atoms with Gasteiger partial charge in [-0.3, -0.25) is 4.79 Å². The second-order valence-electron chi connectivity index (χ2n) is 4.65. The predicted molar refractivity (Wildman–Crippen MR) is 75.3 cm³/mol. The molecule has 4 nitrogen and oxygen atoms in total. The molecule has 1 aromatic carbocycles. The van der Waals surface area contributed by atoms with Crippen LogP contribution in [0, 0.1) is 13.8 Å². The van der Waals surface area contributed by atoms with Crippen LogP contribution in [0.4, 0.5) is 0 Å². The van der Waals surface area contributed by atoms with Crippen molar-refractivity contribution in [3.05, 3.63) is 29.3 Å². The Labute approximate surface area is 114 Å². The number of aryl methyl sites for hydroxylation is 1. The summed E-state index contributed by atoms with van der Waals surface area (Å²) in [4.78, 5) is 11.6. The van der Waals surface area contributed by atoms with Crippen molar-refractivity contribution in [3.63, 3.8) is 0 Å². The fraction of sp³-hybridized carbons (Fsp3) is 0.533. The average Bonchev–Trinajstić information content (AvgIpc) is 2.41. The van der Waals surface area contributed by atoms with E-state index >= 15 is 0 Å². The van der Waals surface area contributed by atoms with Gasteiger partial charge in [0.15, 0.2) is 0 Å². The molecule has 1 amide bonds. The first-order chi connectivity index (χ1) is 9.08. The highest BCUT2D eigenvalue weighted by Crippen LogP contribution is 2.20. The zero-order chi connectivity index (χ0) is 14.3. The quantitative estimate of drug-likeness (QED) is 0.792. The first-order valence-corrected chi connectivity index (χ1v) is 6.67. The van der Waals surface area contributed by atoms with Crippen LogP contribution >= 0.6 is 0 Å². The topological polar surface area (TPSA) is 58.6 Å². The number of aliphatic hydroxyl groups excluding tert-OH is 1. The van der Waals surface area contributed by atoms with Gasteiger partial charge in [0.1, 0.15) is 5.75 Å². The Morgan fingerprint density at radius 1 is 1.42 bits per heavy atom. The van der Waals surface area contributed by atoms with Gasteiger partial charge in [-0.25, -0.2) is 0 Å². The van der Waals surface area contributed by atoms with Gasteiger partial charge in [0, 0.05) is 0 Å². The van der Waals surface area contributed by atoms with Crippen LogP contribution in [0.2, 0.25) is 0 Å². The number of carbonyl (C=O) groups is 1. The molecular weight excluding hydrogens is 242 g/mol. The number of hydrogen-bond acceptors (Lipinski definition) is 3. The smallest absolute Gasteiger partial charge is 0.223 e. The Balaban J connectivity index is 2.38. The molecule has 0 bridgehead atoms. The van der Waals surface area contributed by atoms with Gasteiger partial charge in [-0.05, 0) is 37.5 Å². The summed E-state index contributed by atoms with van der Waals surface area (Å²) in [7, 11) is 0. The van der Waals surface area contributed by atoms with Crippen molar-refractivity contribution < 1.29 is 14.6 Å². The third-order valence-corrected chi connectivity index (χ3v) is 3.22. The molecule has 1 aromatic rings. The van der Waals surface area contributed by atoms with E-state index in [1.807, 2.05) is 39.0 Å². The van der Waals surface area contributed by atoms with Crippen molar-refractivity contribution in [1.29, 1.82) is 0 Å². The van der Waals surface area contributed by atoms with Gasteiger partial charge in [0.25, 0.3) is 0 Å². The van der Waals surface area contributed by atoms with E-state index in [1.165, 1.54) is 5.56 Å². The highest BCUT2D eigenvalue weighted by Gasteiger charge is 2.09. The molecule has 0 saturated heterocycles. The van der Waals surface area contributed by atoms with Crippen molar-refractivity contribution in [3.8, 4) is 5.75 Å². The van der Waals surface area contributed by atoms with Crippen LogP contribution in [0.15, 0.2) is 18.2 Å². The molecule has 0 fully saturated rings. The minimum absolute atomic E-state index is 0.0277. The van der Waals surface area contributed by atoms with E-state index in [4.69, 9.17) is 9.84 Å². The van der Waals surface area contributed by atoms with Crippen LogP contribution in [-0.4, -0.2) is 30.3 Å². The van der Waals surface area contributed by atoms with Gasteiger partial charge in [-0.15, -0.1) is 0 Å². The maximum Gasteiger partial charge on any atom is 0.223 e. The summed E-state index contributed by atoms with van der Waals surface area (Å²) in [5, 5.41) is 11.8. The number of rotatable bonds is 7. The number of benzene rings is 1. The molecule has 19 heavy (non-hydrogen) atoms. The monoisotopic (exact) mass is 265 g/mol. The van der Waals surface area contributed by atoms with Crippen LogP contribution in [0.1, 0.15) is 30.9 Å². The molecule has 1 atom stereocenters. The summed E-state index contributed by atoms with van der Waals surface area (Å²) in [6.45, 7) is 6.28. The second kappa shape index (κ2) is 7.79. The minimum Gasteiger partial charge on any atom is -0.493 e. The van der Waals surface area contributed by atoms with E-state index in [-0.39, 0.29) is 18.6 Å². The van der Waals surface area contributed by atoms with Crippen molar-refractivity contribution in [2.24, 2.45) is 0 Å². The molecular formula is C15H23NO3. The molecule has 2 N–H and O–H groups in total. The van der Waals surface area contributed by atoms with Gasteiger partial charge in [0.05, 0.1) is 25.7 Å². The zero-order valence-electron chi connectivity index (χ0n) is 11.9. The first-order valence-electron chi connectivity index (χ1n) is 6.67. The number of amides is 1. The Morgan fingerprint density at radius 3 is 2.79 bits per heavy atom. The lowest BCUT2D eigenvalue weighted by atomic mass is 10.1. The normalized spacial score (nSPS) is 12.0. The molecule has 0 saturated carbocycles. The van der Waals surface area contributed by atoms with E-state index in [0.29, 0.717) is 13.0 Å². The minimum atomic E-state index is -0.159. The predicted octanol–water partition coefficient (Wildman–Crippen LogP) is 1.96. The third kappa shape index (κ3) is 4.91. The molecule has 0 aromatic heterocycles. The van der Waals surface area contributed by atoms with Crippen LogP contribution in [0.25, 0.3) is 0 Å². The summed E-state index contributed by atoms with van der Waals surface area (Å²) in [5.74, 6) is 0.730. The van der Waals surface area contributed by atoms with E-state index in [9.17, 15) is 4.79 Å². The van der Waals surface area contributed by atoms with Crippen molar-refractivity contribution in [2.75, 3.05) is 13.2 Å². The van der Waals surface area contributed by atoms with Gasteiger partial charge >= 0.3 is 0 Å². The van der Waals surface area contributed by atoms with Gasteiger partial charge in [-0.2, -0.15) is 0 Å². The Kier molecular flexibility index (Phi) is 6.36. The Hall–Kier alpha value is -1.55. The summed E-state index contributed by atoms with van der Waals surface area (Å²) in [5.41, 5.74) is 2.28. The molecule has 1 unspecified atom stereocenters. The van der Waals surface area contributed by atoms with Gasteiger partial charge in [-0.1, -0.05) is 19.1 Å². The highest BCUT2D eigenvalue weighted by atomic mass is 16.5.